The van der Waals surface area contributed by atoms with E-state index in [2.05, 4.69) is 33.9 Å². The summed E-state index contributed by atoms with van der Waals surface area (Å²) in [6, 6.07) is -0.663. The normalized spacial score (nSPS) is 40.4. The van der Waals surface area contributed by atoms with Gasteiger partial charge in [-0.05, 0) is 32.0 Å². The monoisotopic (exact) mass is 257 g/mol. The first-order chi connectivity index (χ1) is 7.94. The molecule has 2 radical (unpaired) electrons. The molecule has 0 saturated carbocycles. The van der Waals surface area contributed by atoms with Crippen LogP contribution < -0.4 is 0 Å². The molecule has 0 aromatic heterocycles. The average Bonchev–Trinajstić information content (AvgIpc) is 2.41. The van der Waals surface area contributed by atoms with Gasteiger partial charge in [-0.25, -0.2) is 0 Å². The predicted molar refractivity (Wildman–Crippen MR) is 72.8 cm³/mol. The fourth-order valence-electron chi connectivity index (χ4n) is 1.62. The Morgan fingerprint density at radius 1 is 1.47 bits per heavy atom. The van der Waals surface area contributed by atoms with E-state index in [1.165, 1.54) is 0 Å². The molecule has 0 aromatic carbocycles. The van der Waals surface area contributed by atoms with Crippen LogP contribution in [0, 0.1) is 0 Å². The Morgan fingerprint density at radius 2 is 2.00 bits per heavy atom. The molecule has 1 fully saturated rings. The van der Waals surface area contributed by atoms with Crippen molar-refractivity contribution >= 4 is 16.2 Å². The van der Waals surface area contributed by atoms with Gasteiger partial charge in [0.25, 0.3) is 0 Å². The highest BCUT2D eigenvalue weighted by atomic mass is 28.4. The zero-order chi connectivity index (χ0) is 14.4. The van der Waals surface area contributed by atoms with Gasteiger partial charge < -0.3 is 14.3 Å². The lowest BCUT2D eigenvalue weighted by Gasteiger charge is -2.40. The van der Waals surface area contributed by atoms with Gasteiger partial charge in [0.15, 0.2) is 8.32 Å². The van der Waals surface area contributed by atoms with Crippen molar-refractivity contribution in [2.24, 2.45) is 0 Å². The summed E-state index contributed by atoms with van der Waals surface area (Å²) in [6.07, 6.45) is -1.39. The van der Waals surface area contributed by atoms with E-state index in [9.17, 15) is 5.11 Å². The first-order valence-corrected chi connectivity index (χ1v) is 8.94. The van der Waals surface area contributed by atoms with E-state index in [-0.39, 0.29) is 11.9 Å². The maximum atomic E-state index is 10.3. The van der Waals surface area contributed by atoms with Crippen molar-refractivity contribution < 1.29 is 15.6 Å². The Labute approximate surface area is 109 Å². The Balaban J connectivity index is 2.86. The van der Waals surface area contributed by atoms with Crippen LogP contribution in [0.15, 0.2) is 0 Å². The van der Waals surface area contributed by atoms with Crippen molar-refractivity contribution in [1.82, 2.24) is 0 Å². The largest absolute Gasteiger partial charge is 0.409 e. The lowest BCUT2D eigenvalue weighted by Crippen LogP contribution is -2.50. The molecule has 1 heterocycles. The lowest BCUT2D eigenvalue weighted by atomic mass is 9.91. The molecule has 1 N–H and O–H groups in total. The molecule has 0 aliphatic carbocycles. The minimum Gasteiger partial charge on any atom is -0.409 e. The summed E-state index contributed by atoms with van der Waals surface area (Å²) in [4.78, 5) is 0. The third-order valence-corrected chi connectivity index (χ3v) is 8.38. The number of aliphatic hydroxyl groups is 1. The predicted octanol–water partition coefficient (Wildman–Crippen LogP) is 2.04. The van der Waals surface area contributed by atoms with Crippen LogP contribution in [0.5, 0.6) is 0 Å². The van der Waals surface area contributed by atoms with Crippen LogP contribution in [-0.4, -0.2) is 45.1 Å². The molecule has 0 amide bonds. The van der Waals surface area contributed by atoms with Crippen LogP contribution in [-0.2, 0) is 9.16 Å². The van der Waals surface area contributed by atoms with Gasteiger partial charge in [-0.2, -0.15) is 0 Å². The molecular weight excluding hydrogens is 231 g/mol. The summed E-state index contributed by atoms with van der Waals surface area (Å²) in [5.74, 6) is 0. The molecule has 3 nitrogen and oxygen atoms in total. The van der Waals surface area contributed by atoms with Gasteiger partial charge in [0.1, 0.15) is 14.0 Å². The fraction of sp³-hybridized carbons (Fsp3) is 1.00. The molecule has 0 bridgehead atoms. The van der Waals surface area contributed by atoms with Gasteiger partial charge in [-0.1, -0.05) is 20.8 Å². The second-order valence-corrected chi connectivity index (χ2v) is 11.4. The zero-order valence-corrected chi connectivity index (χ0v) is 12.8. The van der Waals surface area contributed by atoms with Gasteiger partial charge in [0.2, 0.25) is 0 Å². The van der Waals surface area contributed by atoms with E-state index in [0.717, 1.165) is 0 Å². The van der Waals surface area contributed by atoms with Gasteiger partial charge in [-0.3, -0.25) is 0 Å². The van der Waals surface area contributed by atoms with Crippen molar-refractivity contribution in [3.8, 4) is 0 Å². The van der Waals surface area contributed by atoms with Crippen LogP contribution in [0.3, 0.4) is 0 Å². The number of rotatable bonds is 2. The fourth-order valence-corrected chi connectivity index (χ4v) is 2.92. The molecule has 1 saturated heterocycles. The van der Waals surface area contributed by atoms with Crippen LogP contribution in [0.1, 0.15) is 36.0 Å². The van der Waals surface area contributed by atoms with Crippen molar-refractivity contribution in [2.45, 2.75) is 76.5 Å². The molecule has 1 aliphatic rings. The summed E-state index contributed by atoms with van der Waals surface area (Å²) in [5.41, 5.74) is -0.924. The molecule has 98 valence electrons. The minimum absolute atomic E-state index is 0.0285. The molecule has 5 heteroatoms. The van der Waals surface area contributed by atoms with Crippen LogP contribution in [0.2, 0.25) is 18.1 Å². The molecule has 4 atom stereocenters. The summed E-state index contributed by atoms with van der Waals surface area (Å²) < 4.78 is 19.1. The van der Waals surface area contributed by atoms with Gasteiger partial charge in [-0.15, -0.1) is 0 Å². The van der Waals surface area contributed by atoms with Gasteiger partial charge >= 0.3 is 0 Å². The number of hydrogen-bond donors (Lipinski definition) is 1. The smallest absolute Gasteiger partial charge is 0.192 e. The van der Waals surface area contributed by atoms with Crippen LogP contribution >= 0.6 is 0 Å². The maximum absolute atomic E-state index is 10.3. The average molecular weight is 257 g/mol. The quantitative estimate of drug-likeness (QED) is 0.769. The number of aliphatic hydroxyl groups excluding tert-OH is 1. The topological polar surface area (TPSA) is 38.7 Å². The van der Waals surface area contributed by atoms with E-state index >= 15 is 0 Å². The third-order valence-electron chi connectivity index (χ3n) is 3.90. The molecule has 17 heavy (non-hydrogen) atoms. The maximum Gasteiger partial charge on any atom is 0.192 e. The Bertz CT molecular complexity index is 308. The summed E-state index contributed by atoms with van der Waals surface area (Å²) in [6.45, 7) is 12.3. The van der Waals surface area contributed by atoms with Crippen LogP contribution in [0.4, 0.5) is 0 Å². The summed E-state index contributed by atoms with van der Waals surface area (Å²) >= 11 is 0. The first-order valence-electron chi connectivity index (χ1n) is 6.74. The van der Waals surface area contributed by atoms with E-state index in [0.29, 0.717) is 0 Å². The van der Waals surface area contributed by atoms with Crippen molar-refractivity contribution in [3.63, 3.8) is 0 Å². The SMILES string of the molecule is [2H]C[C@@]1(C)O[C@@H]([B])[C@@H](O[Si](C)(C)C(C)(C)C)C1O. The van der Waals surface area contributed by atoms with Crippen molar-refractivity contribution in [2.75, 3.05) is 0 Å². The van der Waals surface area contributed by atoms with E-state index in [1.54, 1.807) is 6.92 Å². The Morgan fingerprint density at radius 3 is 2.35 bits per heavy atom. The highest BCUT2D eigenvalue weighted by molar-refractivity contribution is 6.74. The molecule has 1 unspecified atom stereocenters. The summed E-state index contributed by atoms with van der Waals surface area (Å²) in [7, 11) is 3.89. The standard InChI is InChI=1S/C12H25BO3Si/c1-11(2,3)17(6,7)16-8-9(14)12(4,5)15-10(8)13/h8-10,14H,1-7H3/t8-,9?,10+/m0/s1/i4D/t8-,9?,10+,12-. The Kier molecular flexibility index (Phi) is 3.49. The second kappa shape index (κ2) is 4.37. The lowest BCUT2D eigenvalue weighted by molar-refractivity contribution is -0.0410. The zero-order valence-electron chi connectivity index (χ0n) is 12.8. The Hall–Kier alpha value is 0.162. The van der Waals surface area contributed by atoms with E-state index in [4.69, 9.17) is 18.4 Å². The number of hydrogen-bond acceptors (Lipinski definition) is 3. The molecule has 0 spiro atoms. The molecular formula is C12H25BO3Si. The second-order valence-electron chi connectivity index (χ2n) is 6.68. The molecule has 0 aromatic rings. The molecule has 1 aliphatic heterocycles. The van der Waals surface area contributed by atoms with Crippen molar-refractivity contribution in [1.29, 1.82) is 0 Å². The van der Waals surface area contributed by atoms with E-state index < -0.39 is 32.1 Å². The first kappa shape index (κ1) is 13.6. The van der Waals surface area contributed by atoms with E-state index in [1.807, 2.05) is 0 Å². The van der Waals surface area contributed by atoms with Crippen LogP contribution in [0.25, 0.3) is 0 Å². The van der Waals surface area contributed by atoms with Gasteiger partial charge in [0.05, 0.1) is 11.7 Å². The number of ether oxygens (including phenoxy) is 1. The summed E-state index contributed by atoms with van der Waals surface area (Å²) in [5, 5.41) is 10.3. The minimum atomic E-state index is -2.01. The van der Waals surface area contributed by atoms with Crippen molar-refractivity contribution in [3.05, 3.63) is 0 Å². The molecule has 1 rings (SSSR count). The third kappa shape index (κ3) is 2.95. The van der Waals surface area contributed by atoms with Gasteiger partial charge in [0, 0.05) is 7.37 Å². The highest BCUT2D eigenvalue weighted by Crippen LogP contribution is 2.40. The highest BCUT2D eigenvalue weighted by Gasteiger charge is 2.50.